The fourth-order valence-electron chi connectivity index (χ4n) is 0.873. The van der Waals surface area contributed by atoms with Crippen molar-refractivity contribution in [2.24, 2.45) is 11.7 Å². The van der Waals surface area contributed by atoms with Gasteiger partial charge in [0.05, 0.1) is 12.3 Å². The first-order valence-electron chi connectivity index (χ1n) is 3.99. The Labute approximate surface area is 78.7 Å². The Morgan fingerprint density at radius 3 is 2.23 bits per heavy atom. The molecule has 0 spiro atoms. The minimum Gasteiger partial charge on any atom is -0.320 e. The van der Waals surface area contributed by atoms with Crippen molar-refractivity contribution in [3.05, 3.63) is 0 Å². The van der Waals surface area contributed by atoms with Crippen LogP contribution in [-0.2, 0) is 14.8 Å². The van der Waals surface area contributed by atoms with Crippen molar-refractivity contribution in [2.45, 2.75) is 26.3 Å². The maximum absolute atomic E-state index is 11.1. The molecule has 0 saturated carbocycles. The van der Waals surface area contributed by atoms with E-state index in [2.05, 4.69) is 0 Å². The van der Waals surface area contributed by atoms with Crippen LogP contribution in [0.2, 0.25) is 0 Å². The second-order valence-electron chi connectivity index (χ2n) is 3.47. The zero-order valence-electron chi connectivity index (χ0n) is 8.07. The predicted molar refractivity (Wildman–Crippen MR) is 50.4 cm³/mol. The number of hydrogen-bond acceptors (Lipinski definition) is 4. The number of carbonyl (C=O) groups is 1. The van der Waals surface area contributed by atoms with Crippen LogP contribution in [0.3, 0.4) is 0 Å². The molecule has 3 N–H and O–H groups in total. The van der Waals surface area contributed by atoms with E-state index in [0.29, 0.717) is 6.42 Å². The molecule has 0 saturated heterocycles. The molecule has 0 aliphatic carbocycles. The van der Waals surface area contributed by atoms with Crippen LogP contribution in [0.4, 0.5) is 0 Å². The Morgan fingerprint density at radius 2 is 1.92 bits per heavy atom. The van der Waals surface area contributed by atoms with Crippen molar-refractivity contribution in [1.82, 2.24) is 4.72 Å². The number of amides is 1. The van der Waals surface area contributed by atoms with E-state index in [1.165, 1.54) is 0 Å². The van der Waals surface area contributed by atoms with Gasteiger partial charge in [-0.15, -0.1) is 0 Å². The first-order valence-corrected chi connectivity index (χ1v) is 5.88. The Kier molecular flexibility index (Phi) is 4.35. The molecule has 0 aromatic rings. The largest absolute Gasteiger partial charge is 0.320 e. The summed E-state index contributed by atoms with van der Waals surface area (Å²) in [6.07, 6.45) is 1.40. The predicted octanol–water partition coefficient (Wildman–Crippen LogP) is -0.564. The van der Waals surface area contributed by atoms with Gasteiger partial charge < -0.3 is 5.73 Å². The van der Waals surface area contributed by atoms with Gasteiger partial charge in [0.25, 0.3) is 0 Å². The number of nitrogens with one attached hydrogen (secondary N) is 1. The van der Waals surface area contributed by atoms with Gasteiger partial charge in [0.2, 0.25) is 15.9 Å². The second-order valence-corrected chi connectivity index (χ2v) is 5.22. The average Bonchev–Trinajstić information content (AvgIpc) is 1.81. The molecular formula is C7H16N2O3S. The van der Waals surface area contributed by atoms with Gasteiger partial charge in [0, 0.05) is 0 Å². The fraction of sp³-hybridized carbons (Fsp3) is 0.857. The zero-order chi connectivity index (χ0) is 10.6. The Balaban J connectivity index is 4.13. The van der Waals surface area contributed by atoms with Gasteiger partial charge in [0.1, 0.15) is 0 Å². The molecule has 0 radical (unpaired) electrons. The highest BCUT2D eigenvalue weighted by Gasteiger charge is 2.17. The van der Waals surface area contributed by atoms with Crippen molar-refractivity contribution >= 4 is 15.9 Å². The van der Waals surface area contributed by atoms with Gasteiger partial charge in [0.15, 0.2) is 0 Å². The van der Waals surface area contributed by atoms with E-state index in [1.54, 1.807) is 0 Å². The van der Waals surface area contributed by atoms with Crippen LogP contribution in [0.1, 0.15) is 20.3 Å². The summed E-state index contributed by atoms with van der Waals surface area (Å²) in [6, 6.07) is -0.755. The van der Waals surface area contributed by atoms with Crippen LogP contribution in [0.5, 0.6) is 0 Å². The van der Waals surface area contributed by atoms with Crippen LogP contribution >= 0.6 is 0 Å². The lowest BCUT2D eigenvalue weighted by molar-refractivity contribution is -0.120. The molecular weight excluding hydrogens is 192 g/mol. The van der Waals surface area contributed by atoms with Crippen LogP contribution in [0.25, 0.3) is 0 Å². The monoisotopic (exact) mass is 208 g/mol. The molecule has 0 fully saturated rings. The molecule has 0 bridgehead atoms. The van der Waals surface area contributed by atoms with E-state index in [4.69, 9.17) is 5.73 Å². The normalized spacial score (nSPS) is 14.2. The van der Waals surface area contributed by atoms with Crippen LogP contribution in [-0.4, -0.2) is 26.6 Å². The van der Waals surface area contributed by atoms with Crippen molar-refractivity contribution in [1.29, 1.82) is 0 Å². The lowest BCUT2D eigenvalue weighted by atomic mass is 10.0. The molecule has 0 heterocycles. The molecule has 0 aliphatic heterocycles. The van der Waals surface area contributed by atoms with Gasteiger partial charge in [-0.25, -0.2) is 8.42 Å². The van der Waals surface area contributed by atoms with Gasteiger partial charge in [-0.3, -0.25) is 9.52 Å². The number of rotatable bonds is 4. The molecule has 0 unspecified atom stereocenters. The molecule has 0 rings (SSSR count). The van der Waals surface area contributed by atoms with Crippen molar-refractivity contribution in [2.75, 3.05) is 6.26 Å². The van der Waals surface area contributed by atoms with Crippen molar-refractivity contribution in [3.8, 4) is 0 Å². The molecule has 6 heteroatoms. The minimum atomic E-state index is -3.48. The van der Waals surface area contributed by atoms with Crippen molar-refractivity contribution < 1.29 is 13.2 Å². The third-order valence-corrected chi connectivity index (χ3v) is 1.92. The quantitative estimate of drug-likeness (QED) is 0.648. The van der Waals surface area contributed by atoms with E-state index in [9.17, 15) is 13.2 Å². The van der Waals surface area contributed by atoms with E-state index in [1.807, 2.05) is 18.6 Å². The van der Waals surface area contributed by atoms with Crippen LogP contribution < -0.4 is 10.5 Å². The van der Waals surface area contributed by atoms with Gasteiger partial charge in [-0.2, -0.15) is 0 Å². The zero-order valence-corrected chi connectivity index (χ0v) is 8.89. The van der Waals surface area contributed by atoms with Gasteiger partial charge >= 0.3 is 0 Å². The summed E-state index contributed by atoms with van der Waals surface area (Å²) in [4.78, 5) is 11.1. The highest BCUT2D eigenvalue weighted by molar-refractivity contribution is 7.89. The van der Waals surface area contributed by atoms with E-state index < -0.39 is 22.0 Å². The minimum absolute atomic E-state index is 0.264. The molecule has 0 aromatic carbocycles. The molecule has 5 nitrogen and oxygen atoms in total. The summed E-state index contributed by atoms with van der Waals surface area (Å²) in [5, 5.41) is 0. The lowest BCUT2D eigenvalue weighted by Crippen LogP contribution is -2.43. The third kappa shape index (κ3) is 6.53. The summed E-state index contributed by atoms with van der Waals surface area (Å²) in [5.74, 6) is -0.378. The van der Waals surface area contributed by atoms with E-state index in [0.717, 1.165) is 6.26 Å². The summed E-state index contributed by atoms with van der Waals surface area (Å²) >= 11 is 0. The molecule has 0 aromatic heterocycles. The number of carbonyl (C=O) groups excluding carboxylic acids is 1. The topological polar surface area (TPSA) is 89.3 Å². The summed E-state index contributed by atoms with van der Waals surface area (Å²) in [6.45, 7) is 3.82. The molecule has 78 valence electrons. The van der Waals surface area contributed by atoms with Crippen LogP contribution in [0, 0.1) is 5.92 Å². The van der Waals surface area contributed by atoms with Gasteiger partial charge in [-0.1, -0.05) is 13.8 Å². The number of sulfonamides is 1. The molecule has 13 heavy (non-hydrogen) atoms. The number of nitrogens with two attached hydrogens (primary N) is 1. The Morgan fingerprint density at radius 1 is 1.46 bits per heavy atom. The van der Waals surface area contributed by atoms with Crippen LogP contribution in [0.15, 0.2) is 0 Å². The summed E-state index contributed by atoms with van der Waals surface area (Å²) in [5.41, 5.74) is 5.45. The van der Waals surface area contributed by atoms with Crippen molar-refractivity contribution in [3.63, 3.8) is 0 Å². The summed E-state index contributed by atoms with van der Waals surface area (Å²) in [7, 11) is -3.48. The van der Waals surface area contributed by atoms with E-state index >= 15 is 0 Å². The molecule has 0 aliphatic rings. The Hall–Kier alpha value is -0.620. The lowest BCUT2D eigenvalue weighted by Gasteiger charge is -2.12. The Bertz CT molecular complexity index is 271. The number of hydrogen-bond donors (Lipinski definition) is 2. The first-order chi connectivity index (χ1) is 5.72. The highest BCUT2D eigenvalue weighted by atomic mass is 32.2. The molecule has 1 atom stereocenters. The smallest absolute Gasteiger partial charge is 0.250 e. The van der Waals surface area contributed by atoms with E-state index in [-0.39, 0.29) is 5.92 Å². The SMILES string of the molecule is CC(C)C[C@@H](N)C(=O)NS(C)(=O)=O. The first kappa shape index (κ1) is 12.4. The molecule has 1 amide bonds. The highest BCUT2D eigenvalue weighted by Crippen LogP contribution is 2.02. The standard InChI is InChI=1S/C7H16N2O3S/c1-5(2)4-6(8)7(10)9-13(3,11)12/h5-6H,4,8H2,1-3H3,(H,9,10)/t6-/m1/s1. The maximum Gasteiger partial charge on any atom is 0.250 e. The van der Waals surface area contributed by atoms with Gasteiger partial charge in [-0.05, 0) is 12.3 Å². The fourth-order valence-corrected chi connectivity index (χ4v) is 1.39. The average molecular weight is 208 g/mol. The summed E-state index contributed by atoms with van der Waals surface area (Å²) < 4.78 is 23.1. The third-order valence-electron chi connectivity index (χ3n) is 1.35. The second kappa shape index (κ2) is 4.57. The maximum atomic E-state index is 11.1.